The number of nitrogens with zero attached hydrogens (tertiary/aromatic N) is 3. The Labute approximate surface area is 170 Å². The first-order valence-corrected chi connectivity index (χ1v) is 10.0. The maximum atomic E-state index is 14.2. The number of ketones is 1. The number of hydrogen-bond acceptors (Lipinski definition) is 5. The molecule has 2 aromatic carbocycles. The lowest BCUT2D eigenvalue weighted by atomic mass is 10.1. The number of anilines is 1. The van der Waals surface area contributed by atoms with Gasteiger partial charge in [-0.3, -0.25) is 9.36 Å². The van der Waals surface area contributed by atoms with Crippen LogP contribution in [-0.4, -0.2) is 32.3 Å². The Hall–Kier alpha value is -3.20. The summed E-state index contributed by atoms with van der Waals surface area (Å²) >= 11 is 1.28. The van der Waals surface area contributed by atoms with Gasteiger partial charge in [0.25, 0.3) is 0 Å². The van der Waals surface area contributed by atoms with Gasteiger partial charge in [-0.25, -0.2) is 9.18 Å². The lowest BCUT2D eigenvalue weighted by Crippen LogP contribution is -2.19. The van der Waals surface area contributed by atoms with Gasteiger partial charge in [0.15, 0.2) is 16.8 Å². The molecule has 2 amide bonds. The molecule has 0 atom stereocenters. The summed E-state index contributed by atoms with van der Waals surface area (Å²) in [7, 11) is 0. The van der Waals surface area contributed by atoms with Crippen molar-refractivity contribution in [1.29, 1.82) is 0 Å². The number of carbonyl (C=O) groups is 2. The van der Waals surface area contributed by atoms with Gasteiger partial charge in [-0.1, -0.05) is 23.9 Å². The summed E-state index contributed by atoms with van der Waals surface area (Å²) in [5.41, 5.74) is 6.51. The van der Waals surface area contributed by atoms with Crippen LogP contribution in [0.25, 0.3) is 11.4 Å². The van der Waals surface area contributed by atoms with Crippen molar-refractivity contribution in [2.24, 2.45) is 5.73 Å². The van der Waals surface area contributed by atoms with E-state index in [0.717, 1.165) is 12.8 Å². The smallest absolute Gasteiger partial charge is 0.316 e. The molecule has 3 N–H and O–H groups in total. The molecule has 1 aliphatic carbocycles. The molecule has 1 saturated carbocycles. The fourth-order valence-electron chi connectivity index (χ4n) is 2.96. The normalized spacial score (nSPS) is 13.3. The first-order chi connectivity index (χ1) is 14.0. The Morgan fingerprint density at radius 3 is 2.52 bits per heavy atom. The predicted octanol–water partition coefficient (Wildman–Crippen LogP) is 3.88. The molecule has 7 nitrogen and oxygen atoms in total. The fraction of sp³-hybridized carbons (Fsp3) is 0.200. The Morgan fingerprint density at radius 1 is 1.14 bits per heavy atom. The van der Waals surface area contributed by atoms with Crippen LogP contribution in [0.4, 0.5) is 14.9 Å². The maximum absolute atomic E-state index is 14.2. The maximum Gasteiger partial charge on any atom is 0.316 e. The quantitative estimate of drug-likeness (QED) is 0.454. The molecule has 0 saturated heterocycles. The molecule has 1 aliphatic rings. The minimum atomic E-state index is -0.662. The molecule has 0 unspecified atom stereocenters. The lowest BCUT2D eigenvalue weighted by Gasteiger charge is -2.09. The molecule has 0 aliphatic heterocycles. The average Bonchev–Trinajstić information content (AvgIpc) is 3.46. The van der Waals surface area contributed by atoms with Crippen molar-refractivity contribution in [3.63, 3.8) is 0 Å². The van der Waals surface area contributed by atoms with E-state index in [2.05, 4.69) is 15.5 Å². The summed E-state index contributed by atoms with van der Waals surface area (Å²) in [5.74, 6) is 0.227. The van der Waals surface area contributed by atoms with E-state index in [-0.39, 0.29) is 23.4 Å². The van der Waals surface area contributed by atoms with E-state index < -0.39 is 6.03 Å². The second-order valence-corrected chi connectivity index (χ2v) is 7.61. The van der Waals surface area contributed by atoms with Crippen molar-refractivity contribution in [2.75, 3.05) is 11.1 Å². The highest BCUT2D eigenvalue weighted by molar-refractivity contribution is 7.99. The number of amides is 2. The van der Waals surface area contributed by atoms with Crippen LogP contribution < -0.4 is 11.1 Å². The van der Waals surface area contributed by atoms with E-state index in [1.165, 1.54) is 17.8 Å². The third-order valence-electron chi connectivity index (χ3n) is 4.50. The average molecular weight is 411 g/mol. The van der Waals surface area contributed by atoms with Crippen molar-refractivity contribution in [1.82, 2.24) is 14.8 Å². The SMILES string of the molecule is NC(=O)Nc1ccc(C(=O)CSc2nnc(-c3ccccc3F)n2C2CC2)cc1. The largest absolute Gasteiger partial charge is 0.351 e. The number of Topliss-reactive ketones (excluding diaryl/α,β-unsaturated/α-hetero) is 1. The molecular weight excluding hydrogens is 393 g/mol. The summed E-state index contributed by atoms with van der Waals surface area (Å²) in [6.07, 6.45) is 1.96. The van der Waals surface area contributed by atoms with Crippen LogP contribution in [0.1, 0.15) is 29.2 Å². The Morgan fingerprint density at radius 2 is 1.86 bits per heavy atom. The zero-order valence-corrected chi connectivity index (χ0v) is 16.2. The Bertz CT molecular complexity index is 1060. The standard InChI is InChI=1S/C20H18FN5O2S/c21-16-4-2-1-3-15(16)18-24-25-20(26(18)14-9-10-14)29-11-17(27)12-5-7-13(8-6-12)23-19(22)28/h1-8,14H,9-11H2,(H3,22,23,28). The van der Waals surface area contributed by atoms with Crippen LogP contribution in [0.2, 0.25) is 0 Å². The molecule has 29 heavy (non-hydrogen) atoms. The van der Waals surface area contributed by atoms with Gasteiger partial charge in [0.1, 0.15) is 5.82 Å². The highest BCUT2D eigenvalue weighted by atomic mass is 32.2. The van der Waals surface area contributed by atoms with Gasteiger partial charge in [0.2, 0.25) is 0 Å². The van der Waals surface area contributed by atoms with Crippen molar-refractivity contribution < 1.29 is 14.0 Å². The molecule has 148 valence electrons. The predicted molar refractivity (Wildman–Crippen MR) is 108 cm³/mol. The molecule has 4 rings (SSSR count). The Kier molecular flexibility index (Phi) is 5.30. The van der Waals surface area contributed by atoms with Gasteiger partial charge < -0.3 is 11.1 Å². The highest BCUT2D eigenvalue weighted by Crippen LogP contribution is 2.41. The van der Waals surface area contributed by atoms with Crippen molar-refractivity contribution >= 4 is 29.3 Å². The van der Waals surface area contributed by atoms with E-state index in [1.54, 1.807) is 42.5 Å². The zero-order chi connectivity index (χ0) is 20.4. The molecule has 9 heteroatoms. The summed E-state index contributed by atoms with van der Waals surface area (Å²) < 4.78 is 16.1. The molecule has 0 bridgehead atoms. The number of urea groups is 1. The third-order valence-corrected chi connectivity index (χ3v) is 5.44. The minimum Gasteiger partial charge on any atom is -0.351 e. The van der Waals surface area contributed by atoms with Gasteiger partial charge in [-0.2, -0.15) is 0 Å². The van der Waals surface area contributed by atoms with E-state index in [4.69, 9.17) is 5.73 Å². The van der Waals surface area contributed by atoms with Gasteiger partial charge in [-0.15, -0.1) is 10.2 Å². The first kappa shape index (κ1) is 19.1. The van der Waals surface area contributed by atoms with Crippen LogP contribution in [0.5, 0.6) is 0 Å². The van der Waals surface area contributed by atoms with Gasteiger partial charge in [0.05, 0.1) is 11.3 Å². The number of aromatic nitrogens is 3. The Balaban J connectivity index is 1.49. The van der Waals surface area contributed by atoms with E-state index >= 15 is 0 Å². The number of thioether (sulfide) groups is 1. The van der Waals surface area contributed by atoms with Crippen LogP contribution in [0.3, 0.4) is 0 Å². The van der Waals surface area contributed by atoms with E-state index in [1.807, 2.05) is 4.57 Å². The number of benzene rings is 2. The van der Waals surface area contributed by atoms with Gasteiger partial charge >= 0.3 is 6.03 Å². The summed E-state index contributed by atoms with van der Waals surface area (Å²) in [4.78, 5) is 23.4. The number of nitrogens with two attached hydrogens (primary N) is 1. The van der Waals surface area contributed by atoms with Crippen molar-refractivity contribution in [3.8, 4) is 11.4 Å². The number of halogens is 1. The van der Waals surface area contributed by atoms with E-state index in [9.17, 15) is 14.0 Å². The molecular formula is C20H18FN5O2S. The molecule has 1 aromatic heterocycles. The fourth-order valence-corrected chi connectivity index (χ4v) is 3.86. The van der Waals surface area contributed by atoms with E-state index in [0.29, 0.717) is 27.8 Å². The molecule has 1 fully saturated rings. The first-order valence-electron chi connectivity index (χ1n) is 9.05. The number of nitrogens with one attached hydrogen (secondary N) is 1. The number of primary amides is 1. The number of hydrogen-bond donors (Lipinski definition) is 2. The van der Waals surface area contributed by atoms with Gasteiger partial charge in [0, 0.05) is 17.3 Å². The monoisotopic (exact) mass is 411 g/mol. The lowest BCUT2D eigenvalue weighted by molar-refractivity contribution is 0.102. The second kappa shape index (κ2) is 8.04. The van der Waals surface area contributed by atoms with Crippen molar-refractivity contribution in [2.45, 2.75) is 24.0 Å². The highest BCUT2D eigenvalue weighted by Gasteiger charge is 2.31. The van der Waals surface area contributed by atoms with Crippen LogP contribution in [-0.2, 0) is 0 Å². The third kappa shape index (κ3) is 4.29. The molecule has 1 heterocycles. The minimum absolute atomic E-state index is 0.0848. The van der Waals surface area contributed by atoms with Crippen molar-refractivity contribution in [3.05, 3.63) is 59.9 Å². The van der Waals surface area contributed by atoms with Crippen LogP contribution in [0, 0.1) is 5.82 Å². The summed E-state index contributed by atoms with van der Waals surface area (Å²) in [6.45, 7) is 0. The summed E-state index contributed by atoms with van der Waals surface area (Å²) in [5, 5.41) is 11.4. The molecule has 0 radical (unpaired) electrons. The van der Waals surface area contributed by atoms with Crippen LogP contribution >= 0.6 is 11.8 Å². The van der Waals surface area contributed by atoms with Gasteiger partial charge in [-0.05, 0) is 49.2 Å². The number of carbonyl (C=O) groups excluding carboxylic acids is 2. The number of rotatable bonds is 7. The second-order valence-electron chi connectivity index (χ2n) is 6.67. The molecule has 3 aromatic rings. The topological polar surface area (TPSA) is 103 Å². The van der Waals surface area contributed by atoms with Crippen LogP contribution in [0.15, 0.2) is 53.7 Å². The molecule has 0 spiro atoms. The zero-order valence-electron chi connectivity index (χ0n) is 15.3. The summed E-state index contributed by atoms with van der Waals surface area (Å²) in [6, 6.07) is 12.5.